The molecule has 5 aliphatic heterocycles. The first-order chi connectivity index (χ1) is 57.7. The van der Waals surface area contributed by atoms with Crippen LogP contribution in [0, 0.1) is 0 Å². The Morgan fingerprint density at radius 2 is 0.450 bits per heavy atom. The number of carbonyl (C=O) groups excluding carboxylic acids is 5. The molecule has 0 spiro atoms. The molecular formula is C90H85Br4ClN20O5. The summed E-state index contributed by atoms with van der Waals surface area (Å²) in [5.41, 5.74) is 18.1. The topological polar surface area (TPSA) is 252 Å². The standard InChI is InChI=1S/4C18H17BrN4O.C18H17ClN4O/c5*1-11-9-22(12(2)15-6-4-3-5-14(11)15)18(24)16-7-17-20-8-13(19)10-23(17)21-16/h5*3-8,10-12H,9H2,1-2H3. The lowest BCUT2D eigenvalue weighted by atomic mass is 9.86. The lowest BCUT2D eigenvalue weighted by Gasteiger charge is -2.38. The van der Waals surface area contributed by atoms with Gasteiger partial charge >= 0.3 is 0 Å². The summed E-state index contributed by atoms with van der Waals surface area (Å²) in [6.07, 6.45) is 17.2. The van der Waals surface area contributed by atoms with Crippen LogP contribution >= 0.6 is 75.3 Å². The third-order valence-corrected chi connectivity index (χ3v) is 25.2. The van der Waals surface area contributed by atoms with Gasteiger partial charge in [-0.05, 0) is 184 Å². The van der Waals surface area contributed by atoms with Crippen LogP contribution in [0.25, 0.3) is 28.2 Å². The molecule has 25 nitrogen and oxygen atoms in total. The van der Waals surface area contributed by atoms with Crippen LogP contribution in [0.1, 0.15) is 237 Å². The maximum atomic E-state index is 13.0. The minimum atomic E-state index is -0.0783. The van der Waals surface area contributed by atoms with Gasteiger partial charge in [0.2, 0.25) is 0 Å². The Hall–Kier alpha value is -11.2. The molecule has 610 valence electrons. The number of aromatic nitrogens is 15. The lowest BCUT2D eigenvalue weighted by molar-refractivity contribution is 0.0646. The summed E-state index contributed by atoms with van der Waals surface area (Å²) < 4.78 is 11.4. The highest BCUT2D eigenvalue weighted by Crippen LogP contribution is 2.42. The fraction of sp³-hybridized carbons (Fsp3) is 0.278. The van der Waals surface area contributed by atoms with Crippen molar-refractivity contribution in [3.63, 3.8) is 0 Å². The molecule has 5 aromatic carbocycles. The second-order valence-corrected chi connectivity index (χ2v) is 35.4. The zero-order chi connectivity index (χ0) is 84.2. The van der Waals surface area contributed by atoms with E-state index in [4.69, 9.17) is 11.6 Å². The molecule has 0 fully saturated rings. The van der Waals surface area contributed by atoms with Gasteiger partial charge in [0.15, 0.2) is 56.7 Å². The number of halogens is 5. The van der Waals surface area contributed by atoms with Gasteiger partial charge < -0.3 is 24.5 Å². The first kappa shape index (κ1) is 82.5. The number of amides is 5. The van der Waals surface area contributed by atoms with E-state index in [2.05, 4.69) is 274 Å². The van der Waals surface area contributed by atoms with Crippen LogP contribution in [0.15, 0.2) is 232 Å². The number of nitrogens with zero attached hydrogens (tertiary/aromatic N) is 20. The minimum absolute atomic E-state index is 0.0197. The molecule has 15 heterocycles. The second kappa shape index (κ2) is 34.5. The molecule has 5 amide bonds. The quantitative estimate of drug-likeness (QED) is 0.155. The largest absolute Gasteiger partial charge is 0.330 e. The maximum Gasteiger partial charge on any atom is 0.274 e. The summed E-state index contributed by atoms with van der Waals surface area (Å²) in [4.78, 5) is 96.0. The van der Waals surface area contributed by atoms with Crippen molar-refractivity contribution in [2.75, 3.05) is 32.7 Å². The number of benzene rings is 5. The maximum absolute atomic E-state index is 13.0. The van der Waals surface area contributed by atoms with E-state index in [1.807, 2.05) is 54.8 Å². The van der Waals surface area contributed by atoms with E-state index in [1.165, 1.54) is 55.6 Å². The predicted octanol–water partition coefficient (Wildman–Crippen LogP) is 19.0. The van der Waals surface area contributed by atoms with Crippen LogP contribution in [0.2, 0.25) is 5.02 Å². The number of hydrogen-bond acceptors (Lipinski definition) is 15. The van der Waals surface area contributed by atoms with Crippen LogP contribution in [0.4, 0.5) is 0 Å². The molecular weight excluding hydrogens is 1800 g/mol. The summed E-state index contributed by atoms with van der Waals surface area (Å²) in [5, 5.41) is 22.4. The van der Waals surface area contributed by atoms with Crippen LogP contribution in [-0.4, -0.2) is 160 Å². The Kier molecular flexibility index (Phi) is 23.7. The summed E-state index contributed by atoms with van der Waals surface area (Å²) >= 11 is 19.4. The van der Waals surface area contributed by atoms with Gasteiger partial charge in [-0.2, -0.15) is 25.5 Å². The Labute approximate surface area is 731 Å². The van der Waals surface area contributed by atoms with Crippen molar-refractivity contribution in [1.82, 2.24) is 97.5 Å². The van der Waals surface area contributed by atoms with Crippen molar-refractivity contribution in [3.8, 4) is 0 Å². The van der Waals surface area contributed by atoms with E-state index in [0.29, 0.717) is 124 Å². The summed E-state index contributed by atoms with van der Waals surface area (Å²) in [6, 6.07) is 50.6. The minimum Gasteiger partial charge on any atom is -0.330 e. The molecule has 10 atom stereocenters. The number of fused-ring (bicyclic) bond motifs is 10. The van der Waals surface area contributed by atoms with E-state index in [0.717, 1.165) is 17.9 Å². The van der Waals surface area contributed by atoms with Gasteiger partial charge in [0, 0.05) is 119 Å². The molecule has 15 aromatic rings. The highest BCUT2D eigenvalue weighted by molar-refractivity contribution is 9.11. The number of carbonyl (C=O) groups is 5. The lowest BCUT2D eigenvalue weighted by Crippen LogP contribution is -2.40. The molecule has 5 aliphatic rings. The highest BCUT2D eigenvalue weighted by atomic mass is 79.9. The molecule has 10 aromatic heterocycles. The van der Waals surface area contributed by atoms with Crippen LogP contribution in [-0.2, 0) is 0 Å². The molecule has 0 saturated carbocycles. The molecule has 0 radical (unpaired) electrons. The Morgan fingerprint density at radius 3 is 0.650 bits per heavy atom. The van der Waals surface area contributed by atoms with Crippen molar-refractivity contribution < 1.29 is 24.0 Å². The molecule has 0 bridgehead atoms. The van der Waals surface area contributed by atoms with Crippen molar-refractivity contribution in [3.05, 3.63) is 321 Å². The Morgan fingerprint density at radius 1 is 0.275 bits per heavy atom. The number of rotatable bonds is 5. The van der Waals surface area contributed by atoms with Gasteiger partial charge in [-0.3, -0.25) is 24.0 Å². The first-order valence-electron chi connectivity index (χ1n) is 39.8. The molecule has 20 rings (SSSR count). The molecule has 10 unspecified atom stereocenters. The van der Waals surface area contributed by atoms with Crippen LogP contribution < -0.4 is 0 Å². The SMILES string of the molecule is CC1CN(C(=O)c2cc3ncc(Br)cn3n2)C(C)c2ccccc21.CC1CN(C(=O)c2cc3ncc(Br)cn3n2)C(C)c2ccccc21.CC1CN(C(=O)c2cc3ncc(Br)cn3n2)C(C)c2ccccc21.CC1CN(C(=O)c2cc3ncc(Br)cn3n2)C(C)c2ccccc21.CC1CN(C(=O)c2cc3ncc(Cl)cn3n2)C(C)c2ccccc21. The molecule has 0 aliphatic carbocycles. The van der Waals surface area contributed by atoms with Crippen molar-refractivity contribution >= 4 is 133 Å². The van der Waals surface area contributed by atoms with E-state index in [1.54, 1.807) is 115 Å². The third kappa shape index (κ3) is 16.5. The van der Waals surface area contributed by atoms with Gasteiger partial charge in [-0.15, -0.1) is 0 Å². The van der Waals surface area contributed by atoms with E-state index >= 15 is 0 Å². The van der Waals surface area contributed by atoms with Crippen LogP contribution in [0.3, 0.4) is 0 Å². The monoisotopic (exact) mass is 1880 g/mol. The summed E-state index contributed by atoms with van der Waals surface area (Å²) in [7, 11) is 0. The van der Waals surface area contributed by atoms with Gasteiger partial charge in [-0.1, -0.05) is 168 Å². The van der Waals surface area contributed by atoms with Gasteiger partial charge in [0.05, 0.1) is 59.3 Å². The average molecular weight is 1880 g/mol. The Bertz CT molecular complexity index is 5570. The van der Waals surface area contributed by atoms with Gasteiger partial charge in [0.25, 0.3) is 29.5 Å². The normalized spacial score (nSPS) is 20.2. The van der Waals surface area contributed by atoms with E-state index in [9.17, 15) is 24.0 Å². The Balaban J connectivity index is 0.000000112. The van der Waals surface area contributed by atoms with E-state index < -0.39 is 0 Å². The zero-order valence-corrected chi connectivity index (χ0v) is 74.5. The summed E-state index contributed by atoms with van der Waals surface area (Å²) in [5.74, 6) is 1.26. The number of hydrogen-bond donors (Lipinski definition) is 0. The average Bonchev–Trinajstić information content (AvgIpc) is 1.79. The van der Waals surface area contributed by atoms with Crippen molar-refractivity contribution in [1.29, 1.82) is 0 Å². The third-order valence-electron chi connectivity index (χ3n) is 23.4. The second-order valence-electron chi connectivity index (χ2n) is 31.3. The predicted molar refractivity (Wildman–Crippen MR) is 472 cm³/mol. The molecule has 0 saturated heterocycles. The smallest absolute Gasteiger partial charge is 0.274 e. The molecule has 0 N–H and O–H groups in total. The van der Waals surface area contributed by atoms with Gasteiger partial charge in [-0.25, -0.2) is 47.5 Å². The molecule has 120 heavy (non-hydrogen) atoms. The zero-order valence-electron chi connectivity index (χ0n) is 67.4. The van der Waals surface area contributed by atoms with Crippen LogP contribution in [0.5, 0.6) is 0 Å². The molecule has 30 heteroatoms. The van der Waals surface area contributed by atoms with Crippen molar-refractivity contribution in [2.45, 2.75) is 129 Å². The highest BCUT2D eigenvalue weighted by Gasteiger charge is 2.39. The fourth-order valence-corrected chi connectivity index (χ4v) is 18.4. The summed E-state index contributed by atoms with van der Waals surface area (Å²) in [6.45, 7) is 24.6. The van der Waals surface area contributed by atoms with Gasteiger partial charge in [0.1, 0.15) is 0 Å². The van der Waals surface area contributed by atoms with E-state index in [-0.39, 0.29) is 59.7 Å². The van der Waals surface area contributed by atoms with Crippen molar-refractivity contribution in [2.24, 2.45) is 0 Å². The first-order valence-corrected chi connectivity index (χ1v) is 43.3. The fourth-order valence-electron chi connectivity index (χ4n) is 17.1.